The molecule has 0 saturated carbocycles. The number of hydrogen-bond acceptors (Lipinski definition) is 3. The minimum absolute atomic E-state index is 0.165. The fraction of sp³-hybridized carbons (Fsp3) is 0.167. The first-order valence-corrected chi connectivity index (χ1v) is 7.45. The molecule has 23 heavy (non-hydrogen) atoms. The highest BCUT2D eigenvalue weighted by Gasteiger charge is 2.14. The van der Waals surface area contributed by atoms with Crippen LogP contribution in [-0.4, -0.2) is 22.5 Å². The van der Waals surface area contributed by atoms with Crippen LogP contribution in [0.15, 0.2) is 53.7 Å². The maximum Gasteiger partial charge on any atom is 0.256 e. The van der Waals surface area contributed by atoms with E-state index in [1.165, 1.54) is 7.05 Å². The molecule has 0 radical (unpaired) electrons. The van der Waals surface area contributed by atoms with Gasteiger partial charge in [-0.25, -0.2) is 0 Å². The third kappa shape index (κ3) is 2.61. The molecule has 0 atom stereocenters. The van der Waals surface area contributed by atoms with Gasteiger partial charge in [0, 0.05) is 37.6 Å². The highest BCUT2D eigenvalue weighted by molar-refractivity contribution is 5.97. The average Bonchev–Trinajstić information content (AvgIpc) is 2.62. The molecule has 116 valence electrons. The fourth-order valence-corrected chi connectivity index (χ4v) is 2.67. The van der Waals surface area contributed by atoms with Gasteiger partial charge in [-0.3, -0.25) is 14.6 Å². The van der Waals surface area contributed by atoms with E-state index in [0.29, 0.717) is 11.9 Å². The van der Waals surface area contributed by atoms with Crippen molar-refractivity contribution in [2.24, 2.45) is 0 Å². The summed E-state index contributed by atoms with van der Waals surface area (Å²) in [6.07, 6.45) is 5.10. The van der Waals surface area contributed by atoms with Gasteiger partial charge < -0.3 is 9.88 Å². The topological polar surface area (TPSA) is 64.0 Å². The zero-order valence-electron chi connectivity index (χ0n) is 13.0. The van der Waals surface area contributed by atoms with E-state index in [1.54, 1.807) is 24.7 Å². The Morgan fingerprint density at radius 2 is 1.91 bits per heavy atom. The number of nitrogens with one attached hydrogen (secondary N) is 1. The Kier molecular flexibility index (Phi) is 3.93. The normalized spacial score (nSPS) is 10.7. The zero-order chi connectivity index (χ0) is 16.4. The van der Waals surface area contributed by atoms with Crippen LogP contribution in [0.3, 0.4) is 0 Å². The van der Waals surface area contributed by atoms with Crippen molar-refractivity contribution in [3.8, 4) is 11.1 Å². The lowest BCUT2D eigenvalue weighted by Gasteiger charge is -2.12. The molecule has 2 heterocycles. The van der Waals surface area contributed by atoms with E-state index in [0.717, 1.165) is 16.6 Å². The summed E-state index contributed by atoms with van der Waals surface area (Å²) in [6.45, 7) is 2.65. The number of benzene rings is 1. The Morgan fingerprint density at radius 1 is 1.17 bits per heavy atom. The van der Waals surface area contributed by atoms with Gasteiger partial charge in [0.15, 0.2) is 0 Å². The first-order chi connectivity index (χ1) is 11.2. The van der Waals surface area contributed by atoms with Crippen LogP contribution >= 0.6 is 0 Å². The molecule has 5 heteroatoms. The smallest absolute Gasteiger partial charge is 0.256 e. The molecule has 0 aliphatic heterocycles. The molecule has 1 N–H and O–H groups in total. The Morgan fingerprint density at radius 3 is 2.57 bits per heavy atom. The van der Waals surface area contributed by atoms with Crippen molar-refractivity contribution < 1.29 is 4.79 Å². The van der Waals surface area contributed by atoms with Crippen molar-refractivity contribution in [3.63, 3.8) is 0 Å². The molecule has 1 amide bonds. The molecule has 0 aliphatic rings. The Balaban J connectivity index is 2.28. The predicted molar refractivity (Wildman–Crippen MR) is 90.5 cm³/mol. The van der Waals surface area contributed by atoms with Crippen molar-refractivity contribution >= 4 is 16.8 Å². The summed E-state index contributed by atoms with van der Waals surface area (Å²) in [7, 11) is 1.52. The summed E-state index contributed by atoms with van der Waals surface area (Å²) in [5.41, 5.74) is 2.78. The van der Waals surface area contributed by atoms with Gasteiger partial charge >= 0.3 is 0 Å². The first kappa shape index (κ1) is 15.0. The van der Waals surface area contributed by atoms with Gasteiger partial charge in [-0.15, -0.1) is 0 Å². The van der Waals surface area contributed by atoms with Gasteiger partial charge in [-0.1, -0.05) is 6.07 Å². The number of hydrogen-bond donors (Lipinski definition) is 1. The maximum atomic E-state index is 12.6. The van der Waals surface area contributed by atoms with Crippen molar-refractivity contribution in [2.45, 2.75) is 13.5 Å². The molecule has 0 fully saturated rings. The Labute approximate surface area is 133 Å². The predicted octanol–water partition coefficient (Wildman–Crippen LogP) is 2.44. The minimum atomic E-state index is -0.364. The number of pyridine rings is 2. The monoisotopic (exact) mass is 307 g/mol. The van der Waals surface area contributed by atoms with Crippen molar-refractivity contribution in [2.75, 3.05) is 7.05 Å². The second-order valence-corrected chi connectivity index (χ2v) is 5.20. The number of rotatable bonds is 3. The molecule has 1 aromatic carbocycles. The highest BCUT2D eigenvalue weighted by atomic mass is 16.2. The zero-order valence-corrected chi connectivity index (χ0v) is 13.0. The molecule has 0 spiro atoms. The molecule has 3 aromatic rings. The summed E-state index contributed by atoms with van der Waals surface area (Å²) < 4.78 is 1.92. The quantitative estimate of drug-likeness (QED) is 0.808. The lowest BCUT2D eigenvalue weighted by Crippen LogP contribution is -2.27. The van der Waals surface area contributed by atoms with Gasteiger partial charge in [-0.2, -0.15) is 0 Å². The number of carbonyl (C=O) groups excluding carboxylic acids is 1. The second kappa shape index (κ2) is 6.04. The molecule has 5 nitrogen and oxygen atoms in total. The third-order valence-corrected chi connectivity index (χ3v) is 3.91. The maximum absolute atomic E-state index is 12.6. The van der Waals surface area contributed by atoms with Crippen LogP contribution in [0.4, 0.5) is 0 Å². The van der Waals surface area contributed by atoms with Crippen LogP contribution in [0.25, 0.3) is 22.0 Å². The molecule has 0 saturated heterocycles. The van der Waals surface area contributed by atoms with E-state index in [-0.39, 0.29) is 16.9 Å². The first-order valence-electron chi connectivity index (χ1n) is 7.45. The van der Waals surface area contributed by atoms with Gasteiger partial charge in [-0.05, 0) is 42.3 Å². The standard InChI is InChI=1S/C18H17N3O2/c1-3-21-11-15(18(23)19-2)17(22)14-5-4-13(10-16(14)21)12-6-8-20-9-7-12/h4-11H,3H2,1-2H3,(H,19,23). The van der Waals surface area contributed by atoms with E-state index >= 15 is 0 Å². The van der Waals surface area contributed by atoms with Crippen LogP contribution in [0, 0.1) is 0 Å². The number of aromatic nitrogens is 2. The van der Waals surface area contributed by atoms with E-state index in [9.17, 15) is 9.59 Å². The van der Waals surface area contributed by atoms with Crippen LogP contribution in [0.1, 0.15) is 17.3 Å². The molecule has 3 rings (SSSR count). The van der Waals surface area contributed by atoms with Crippen molar-refractivity contribution in [3.05, 3.63) is 64.7 Å². The number of nitrogens with zero attached hydrogens (tertiary/aromatic N) is 2. The van der Waals surface area contributed by atoms with Gasteiger partial charge in [0.2, 0.25) is 5.43 Å². The van der Waals surface area contributed by atoms with E-state index in [4.69, 9.17) is 0 Å². The molecule has 0 aliphatic carbocycles. The lowest BCUT2D eigenvalue weighted by atomic mass is 10.0. The van der Waals surface area contributed by atoms with Gasteiger partial charge in [0.25, 0.3) is 5.91 Å². The van der Waals surface area contributed by atoms with E-state index < -0.39 is 0 Å². The van der Waals surface area contributed by atoms with Crippen LogP contribution in [0.5, 0.6) is 0 Å². The molecule has 2 aromatic heterocycles. The fourth-order valence-electron chi connectivity index (χ4n) is 2.67. The van der Waals surface area contributed by atoms with Crippen LogP contribution < -0.4 is 10.7 Å². The van der Waals surface area contributed by atoms with E-state index in [2.05, 4.69) is 10.3 Å². The second-order valence-electron chi connectivity index (χ2n) is 5.20. The molecular weight excluding hydrogens is 290 g/mol. The minimum Gasteiger partial charge on any atom is -0.355 e. The van der Waals surface area contributed by atoms with Gasteiger partial charge in [0.05, 0.1) is 5.52 Å². The van der Waals surface area contributed by atoms with E-state index in [1.807, 2.05) is 35.8 Å². The highest BCUT2D eigenvalue weighted by Crippen LogP contribution is 2.23. The summed E-state index contributed by atoms with van der Waals surface area (Å²) >= 11 is 0. The van der Waals surface area contributed by atoms with Crippen LogP contribution in [0.2, 0.25) is 0 Å². The van der Waals surface area contributed by atoms with Gasteiger partial charge in [0.1, 0.15) is 5.56 Å². The molecular formula is C18H17N3O2. The number of amides is 1. The SMILES string of the molecule is CCn1cc(C(=O)NC)c(=O)c2ccc(-c3ccncc3)cc21. The molecule has 0 bridgehead atoms. The van der Waals surface area contributed by atoms with Crippen LogP contribution in [-0.2, 0) is 6.54 Å². The van der Waals surface area contributed by atoms with Crippen molar-refractivity contribution in [1.29, 1.82) is 0 Å². The average molecular weight is 307 g/mol. The number of fused-ring (bicyclic) bond motifs is 1. The van der Waals surface area contributed by atoms with Crippen molar-refractivity contribution in [1.82, 2.24) is 14.9 Å². The summed E-state index contributed by atoms with van der Waals surface area (Å²) in [6, 6.07) is 9.50. The lowest BCUT2D eigenvalue weighted by molar-refractivity contribution is 0.0961. The summed E-state index contributed by atoms with van der Waals surface area (Å²) in [5.74, 6) is -0.364. The Hall–Kier alpha value is -2.95. The summed E-state index contributed by atoms with van der Waals surface area (Å²) in [4.78, 5) is 28.5. The number of aryl methyl sites for hydroxylation is 1. The Bertz CT molecular complexity index is 930. The largest absolute Gasteiger partial charge is 0.355 e. The molecule has 0 unspecified atom stereocenters. The number of carbonyl (C=O) groups is 1. The summed E-state index contributed by atoms with van der Waals surface area (Å²) in [5, 5.41) is 3.06. The third-order valence-electron chi connectivity index (χ3n) is 3.91.